The zero-order valence-corrected chi connectivity index (χ0v) is 23.6. The molecule has 3 aliphatic rings. The highest BCUT2D eigenvalue weighted by molar-refractivity contribution is 6.09. The molecule has 2 saturated heterocycles. The molecule has 0 spiro atoms. The lowest BCUT2D eigenvalue weighted by molar-refractivity contribution is -0.119. The third-order valence-electron chi connectivity index (χ3n) is 8.39. The zero-order chi connectivity index (χ0) is 28.8. The Labute approximate surface area is 242 Å². The Balaban J connectivity index is 1.24. The van der Waals surface area contributed by atoms with Gasteiger partial charge in [-0.3, -0.25) is 14.8 Å². The Hall–Kier alpha value is -4.36. The van der Waals surface area contributed by atoms with E-state index in [1.165, 1.54) is 6.07 Å². The number of aromatic amines is 1. The summed E-state index contributed by atoms with van der Waals surface area (Å²) < 4.78 is 20.2. The molecule has 6 heterocycles. The average Bonchev–Trinajstić information content (AvgIpc) is 3.49. The summed E-state index contributed by atoms with van der Waals surface area (Å²) in [6, 6.07) is 6.69. The first-order valence-electron chi connectivity index (χ1n) is 14.3. The Morgan fingerprint density at radius 1 is 1.05 bits per heavy atom. The van der Waals surface area contributed by atoms with Crippen molar-refractivity contribution >= 4 is 51.5 Å². The second-order valence-electron chi connectivity index (χ2n) is 11.1. The van der Waals surface area contributed by atoms with E-state index in [2.05, 4.69) is 42.2 Å². The summed E-state index contributed by atoms with van der Waals surface area (Å²) in [5.41, 5.74) is 2.09. The number of nitrogens with zero attached hydrogens (tertiary/aromatic N) is 8. The van der Waals surface area contributed by atoms with Crippen LogP contribution in [0.1, 0.15) is 19.8 Å². The highest BCUT2D eigenvalue weighted by atomic mass is 19.1. The van der Waals surface area contributed by atoms with Crippen molar-refractivity contribution in [1.29, 1.82) is 0 Å². The molecule has 0 unspecified atom stereocenters. The highest BCUT2D eigenvalue weighted by Crippen LogP contribution is 2.42. The van der Waals surface area contributed by atoms with E-state index in [0.29, 0.717) is 52.9 Å². The summed E-state index contributed by atoms with van der Waals surface area (Å²) in [4.78, 5) is 36.5. The number of ether oxygens (including phenoxy) is 1. The Morgan fingerprint density at radius 3 is 2.62 bits per heavy atom. The number of amides is 1. The maximum atomic E-state index is 14.6. The number of carbonyl (C=O) groups excluding carboxylic acids is 1. The van der Waals surface area contributed by atoms with Crippen LogP contribution in [0.3, 0.4) is 0 Å². The van der Waals surface area contributed by atoms with E-state index in [1.807, 2.05) is 19.1 Å². The Morgan fingerprint density at radius 2 is 1.86 bits per heavy atom. The van der Waals surface area contributed by atoms with Crippen molar-refractivity contribution in [3.63, 3.8) is 0 Å². The molecule has 0 bridgehead atoms. The van der Waals surface area contributed by atoms with Gasteiger partial charge in [0.25, 0.3) is 5.91 Å². The van der Waals surface area contributed by atoms with Crippen molar-refractivity contribution in [2.75, 3.05) is 66.5 Å². The Bertz CT molecular complexity index is 1600. The summed E-state index contributed by atoms with van der Waals surface area (Å²) >= 11 is 0. The number of fused-ring (bicyclic) bond motifs is 2. The molecule has 1 atom stereocenters. The predicted octanol–water partition coefficient (Wildman–Crippen LogP) is 3.43. The number of nitrogens with one attached hydrogen (secondary N) is 2. The number of hydrogen-bond acceptors (Lipinski definition) is 10. The fourth-order valence-corrected chi connectivity index (χ4v) is 6.05. The van der Waals surface area contributed by atoms with Crippen molar-refractivity contribution in [1.82, 2.24) is 30.0 Å². The molecule has 0 aliphatic carbocycles. The number of halogens is 1. The summed E-state index contributed by atoms with van der Waals surface area (Å²) in [6.07, 6.45) is 6.54. The summed E-state index contributed by atoms with van der Waals surface area (Å²) in [5, 5.41) is 10.4. The summed E-state index contributed by atoms with van der Waals surface area (Å²) in [5.74, 6) is 1.34. The molecule has 2 N–H and O–H groups in total. The van der Waals surface area contributed by atoms with E-state index in [1.54, 1.807) is 29.6 Å². The molecule has 0 radical (unpaired) electrons. The van der Waals surface area contributed by atoms with E-state index >= 15 is 0 Å². The number of H-pyrrole nitrogens is 1. The fourth-order valence-electron chi connectivity index (χ4n) is 6.05. The van der Waals surface area contributed by atoms with Crippen LogP contribution in [-0.2, 0) is 9.53 Å². The van der Waals surface area contributed by atoms with Gasteiger partial charge >= 0.3 is 0 Å². The lowest BCUT2D eigenvalue weighted by Crippen LogP contribution is -2.56. The number of pyridine rings is 1. The molecule has 7 rings (SSSR count). The number of piperazine rings is 1. The maximum absolute atomic E-state index is 14.6. The fraction of sp³-hybridized carbons (Fsp3) is 0.414. The van der Waals surface area contributed by atoms with Crippen LogP contribution in [0.4, 0.5) is 39.0 Å². The minimum absolute atomic E-state index is 0.0695. The van der Waals surface area contributed by atoms with Crippen LogP contribution in [0, 0.1) is 5.82 Å². The van der Waals surface area contributed by atoms with Gasteiger partial charge in [0, 0.05) is 56.5 Å². The molecule has 4 aromatic rings. The topological polar surface area (TPSA) is 119 Å². The molecular formula is C29H33FN10O2. The highest BCUT2D eigenvalue weighted by Gasteiger charge is 2.41. The summed E-state index contributed by atoms with van der Waals surface area (Å²) in [6.45, 7) is 6.95. The zero-order valence-electron chi connectivity index (χ0n) is 23.6. The lowest BCUT2D eigenvalue weighted by Gasteiger charge is -2.45. The van der Waals surface area contributed by atoms with Gasteiger partial charge < -0.3 is 24.8 Å². The van der Waals surface area contributed by atoms with Crippen molar-refractivity contribution in [2.24, 2.45) is 0 Å². The standard InChI is InChI=1S/C29H33FN10O2/c1-18-28(41)40(22-3-4-25(31-16-22)38-9-7-37(2)8-10-38)24-17-32-29(35-27(24)39(18)21-5-11-42-12-6-21)34-20-13-19-15-33-36-26(19)23(30)14-20/h3-4,13-18,21H,5-12H2,1-2H3,(H,33,36)(H,32,34,35)/t18-/m1/s1. The molecule has 218 valence electrons. The number of rotatable bonds is 5. The number of anilines is 6. The van der Waals surface area contributed by atoms with Crippen LogP contribution in [-0.4, -0.2) is 94.5 Å². The van der Waals surface area contributed by atoms with Crippen LogP contribution in [0.25, 0.3) is 10.9 Å². The third-order valence-corrected chi connectivity index (χ3v) is 8.39. The lowest BCUT2D eigenvalue weighted by atomic mass is 10.0. The van der Waals surface area contributed by atoms with Crippen molar-refractivity contribution in [3.05, 3.63) is 48.7 Å². The Kier molecular flexibility index (Phi) is 6.82. The van der Waals surface area contributed by atoms with E-state index in [4.69, 9.17) is 14.7 Å². The van der Waals surface area contributed by atoms with E-state index < -0.39 is 11.9 Å². The SMILES string of the molecule is C[C@@H]1C(=O)N(c2ccc(N3CCN(C)CC3)nc2)c2cnc(Nc3cc(F)c4[nH]ncc4c3)nc2N1C1CCOCC1. The second kappa shape index (κ2) is 10.8. The van der Waals surface area contributed by atoms with Crippen molar-refractivity contribution < 1.29 is 13.9 Å². The average molecular weight is 573 g/mol. The van der Waals surface area contributed by atoms with Crippen LogP contribution in [0.2, 0.25) is 0 Å². The number of hydrogen-bond donors (Lipinski definition) is 2. The van der Waals surface area contributed by atoms with Gasteiger partial charge in [0.05, 0.1) is 24.3 Å². The van der Waals surface area contributed by atoms with Gasteiger partial charge in [-0.1, -0.05) is 0 Å². The molecule has 1 amide bonds. The number of aromatic nitrogens is 5. The van der Waals surface area contributed by atoms with Gasteiger partial charge in [0.1, 0.15) is 23.1 Å². The molecule has 42 heavy (non-hydrogen) atoms. The molecule has 13 heteroatoms. The molecular weight excluding hydrogens is 539 g/mol. The first-order valence-corrected chi connectivity index (χ1v) is 14.3. The van der Waals surface area contributed by atoms with Gasteiger partial charge in [0.15, 0.2) is 11.6 Å². The first-order chi connectivity index (χ1) is 20.5. The van der Waals surface area contributed by atoms with E-state index in [-0.39, 0.29) is 11.9 Å². The summed E-state index contributed by atoms with van der Waals surface area (Å²) in [7, 11) is 2.12. The maximum Gasteiger partial charge on any atom is 0.254 e. The second-order valence-corrected chi connectivity index (χ2v) is 11.1. The van der Waals surface area contributed by atoms with Gasteiger partial charge in [-0.15, -0.1) is 0 Å². The number of benzene rings is 1. The smallest absolute Gasteiger partial charge is 0.254 e. The van der Waals surface area contributed by atoms with E-state index in [0.717, 1.165) is 44.8 Å². The van der Waals surface area contributed by atoms with E-state index in [9.17, 15) is 9.18 Å². The first kappa shape index (κ1) is 26.5. The van der Waals surface area contributed by atoms with Crippen LogP contribution < -0.4 is 20.0 Å². The minimum atomic E-state index is -0.472. The largest absolute Gasteiger partial charge is 0.381 e. The number of likely N-dealkylation sites (N-methyl/N-ethyl adjacent to an activating group) is 1. The van der Waals surface area contributed by atoms with Gasteiger partial charge in [-0.2, -0.15) is 10.1 Å². The molecule has 3 aromatic heterocycles. The number of carbonyl (C=O) groups is 1. The quantitative estimate of drug-likeness (QED) is 0.368. The van der Waals surface area contributed by atoms with Crippen molar-refractivity contribution in [2.45, 2.75) is 31.8 Å². The minimum Gasteiger partial charge on any atom is -0.381 e. The molecule has 1 aromatic carbocycles. The van der Waals surface area contributed by atoms with Gasteiger partial charge in [-0.25, -0.2) is 14.4 Å². The molecule has 0 saturated carbocycles. The monoisotopic (exact) mass is 572 g/mol. The van der Waals surface area contributed by atoms with Gasteiger partial charge in [0.2, 0.25) is 5.95 Å². The molecule has 2 fully saturated rings. The van der Waals surface area contributed by atoms with Crippen molar-refractivity contribution in [3.8, 4) is 0 Å². The molecule has 12 nitrogen and oxygen atoms in total. The third kappa shape index (κ3) is 4.77. The normalized spacial score (nSPS) is 20.3. The van der Waals surface area contributed by atoms with Gasteiger partial charge in [-0.05, 0) is 51.1 Å². The van der Waals surface area contributed by atoms with Crippen LogP contribution in [0.15, 0.2) is 42.9 Å². The predicted molar refractivity (Wildman–Crippen MR) is 158 cm³/mol. The van der Waals surface area contributed by atoms with Crippen LogP contribution in [0.5, 0.6) is 0 Å². The molecule has 3 aliphatic heterocycles. The van der Waals surface area contributed by atoms with Crippen LogP contribution >= 0.6 is 0 Å².